The van der Waals surface area contributed by atoms with Crippen LogP contribution in [0.3, 0.4) is 0 Å². The lowest BCUT2D eigenvalue weighted by molar-refractivity contribution is 0.352. The van der Waals surface area contributed by atoms with Gasteiger partial charge in [-0.25, -0.2) is 0 Å². The summed E-state index contributed by atoms with van der Waals surface area (Å²) < 4.78 is 0. The van der Waals surface area contributed by atoms with Gasteiger partial charge in [-0.3, -0.25) is 0 Å². The molecule has 1 rings (SSSR count). The van der Waals surface area contributed by atoms with E-state index in [1.165, 1.54) is 12.2 Å². The van der Waals surface area contributed by atoms with Crippen molar-refractivity contribution in [3.8, 4) is 0 Å². The van der Waals surface area contributed by atoms with E-state index in [2.05, 4.69) is 0 Å². The van der Waals surface area contributed by atoms with Crippen molar-refractivity contribution in [2.24, 2.45) is 0 Å². The molecule has 0 saturated carbocycles. The van der Waals surface area contributed by atoms with E-state index in [0.717, 1.165) is 0 Å². The minimum atomic E-state index is 0.234. The molecule has 0 atom stereocenters. The molecule has 0 radical (unpaired) electrons. The second-order valence-electron chi connectivity index (χ2n) is 1.49. The molecule has 0 aromatic carbocycles. The topological polar surface area (TPSA) is 40.5 Å². The van der Waals surface area contributed by atoms with E-state index in [-0.39, 0.29) is 11.5 Å². The maximum Gasteiger partial charge on any atom is 0.0998 e. The number of rotatable bonds is 0. The number of allylic oxidation sites excluding steroid dienone is 2. The monoisotopic (exact) mass is 98.0 g/mol. The van der Waals surface area contributed by atoms with E-state index in [0.29, 0.717) is 6.42 Å². The van der Waals surface area contributed by atoms with Crippen molar-refractivity contribution >= 4 is 0 Å². The van der Waals surface area contributed by atoms with Crippen LogP contribution in [0.25, 0.3) is 0 Å². The Morgan fingerprint density at radius 3 is 1.71 bits per heavy atom. The second kappa shape index (κ2) is 1.30. The van der Waals surface area contributed by atoms with E-state index in [4.69, 9.17) is 10.2 Å². The van der Waals surface area contributed by atoms with Crippen molar-refractivity contribution < 1.29 is 10.2 Å². The molecule has 0 spiro atoms. The highest BCUT2D eigenvalue weighted by atomic mass is 16.3. The quantitative estimate of drug-likeness (QED) is 0.479. The normalized spacial score (nSPS) is 18.9. The highest BCUT2D eigenvalue weighted by Crippen LogP contribution is 2.11. The zero-order valence-electron chi connectivity index (χ0n) is 3.76. The highest BCUT2D eigenvalue weighted by molar-refractivity contribution is 5.21. The van der Waals surface area contributed by atoms with Gasteiger partial charge in [0.15, 0.2) is 0 Å². The zero-order valence-corrected chi connectivity index (χ0v) is 3.76. The maximum atomic E-state index is 8.55. The van der Waals surface area contributed by atoms with Crippen molar-refractivity contribution in [1.29, 1.82) is 0 Å². The zero-order chi connectivity index (χ0) is 5.28. The highest BCUT2D eigenvalue weighted by Gasteiger charge is 2.01. The Morgan fingerprint density at radius 2 is 1.57 bits per heavy atom. The van der Waals surface area contributed by atoms with Crippen LogP contribution >= 0.6 is 0 Å². The average Bonchev–Trinajstić information content (AvgIpc) is 1.87. The molecule has 2 N–H and O–H groups in total. The Bertz CT molecular complexity index is 117. The summed E-state index contributed by atoms with van der Waals surface area (Å²) in [6.45, 7) is 0. The minimum Gasteiger partial charge on any atom is -0.512 e. The Morgan fingerprint density at radius 1 is 1.14 bits per heavy atom. The van der Waals surface area contributed by atoms with Gasteiger partial charge in [0.05, 0.1) is 17.9 Å². The van der Waals surface area contributed by atoms with Crippen molar-refractivity contribution in [2.75, 3.05) is 0 Å². The summed E-state index contributed by atoms with van der Waals surface area (Å²) in [5, 5.41) is 17.1. The van der Waals surface area contributed by atoms with Gasteiger partial charge in [-0.05, 0) is 12.2 Å². The molecule has 38 valence electrons. The van der Waals surface area contributed by atoms with Gasteiger partial charge in [0.1, 0.15) is 0 Å². The molecule has 0 fully saturated rings. The van der Waals surface area contributed by atoms with Crippen LogP contribution in [-0.4, -0.2) is 10.2 Å². The summed E-state index contributed by atoms with van der Waals surface area (Å²) in [7, 11) is 0. The molecule has 1 aliphatic carbocycles. The lowest BCUT2D eigenvalue weighted by atomic mass is 10.4. The van der Waals surface area contributed by atoms with E-state index in [1.54, 1.807) is 0 Å². The number of hydrogen-bond donors (Lipinski definition) is 2. The van der Waals surface area contributed by atoms with Gasteiger partial charge >= 0.3 is 0 Å². The van der Waals surface area contributed by atoms with Gasteiger partial charge in [-0.2, -0.15) is 0 Å². The smallest absolute Gasteiger partial charge is 0.0998 e. The first kappa shape index (κ1) is 4.24. The van der Waals surface area contributed by atoms with Gasteiger partial charge in [0, 0.05) is 0 Å². The van der Waals surface area contributed by atoms with E-state index in [1.807, 2.05) is 0 Å². The Hall–Kier alpha value is -0.920. The van der Waals surface area contributed by atoms with Crippen molar-refractivity contribution in [1.82, 2.24) is 0 Å². The van der Waals surface area contributed by atoms with Crippen LogP contribution in [0.5, 0.6) is 0 Å². The van der Waals surface area contributed by atoms with Gasteiger partial charge in [0.25, 0.3) is 0 Å². The second-order valence-corrected chi connectivity index (χ2v) is 1.49. The third-order valence-electron chi connectivity index (χ3n) is 0.830. The van der Waals surface area contributed by atoms with Crippen molar-refractivity contribution in [3.05, 3.63) is 23.7 Å². The predicted molar refractivity (Wildman–Crippen MR) is 26.0 cm³/mol. The lowest BCUT2D eigenvalue weighted by Gasteiger charge is -1.86. The average molecular weight is 98.1 g/mol. The molecule has 2 heteroatoms. The number of aliphatic hydroxyl groups is 2. The molecule has 7 heavy (non-hydrogen) atoms. The van der Waals surface area contributed by atoms with Crippen LogP contribution in [0.2, 0.25) is 0 Å². The molecule has 0 aliphatic heterocycles. The molecular formula is C5H6O2. The molecule has 0 saturated heterocycles. The van der Waals surface area contributed by atoms with Gasteiger partial charge in [-0.15, -0.1) is 0 Å². The third kappa shape index (κ3) is 0.738. The molecule has 0 unspecified atom stereocenters. The van der Waals surface area contributed by atoms with Gasteiger partial charge in [-0.1, -0.05) is 0 Å². The summed E-state index contributed by atoms with van der Waals surface area (Å²) in [5.74, 6) is 0.468. The number of aliphatic hydroxyl groups excluding tert-OH is 2. The van der Waals surface area contributed by atoms with Gasteiger partial charge < -0.3 is 10.2 Å². The summed E-state index contributed by atoms with van der Waals surface area (Å²) in [5.41, 5.74) is 0. The van der Waals surface area contributed by atoms with Crippen molar-refractivity contribution in [2.45, 2.75) is 6.42 Å². The van der Waals surface area contributed by atoms with Crippen LogP contribution in [0.15, 0.2) is 23.7 Å². The summed E-state index contributed by atoms with van der Waals surface area (Å²) in [6.07, 6.45) is 3.27. The third-order valence-corrected chi connectivity index (χ3v) is 0.830. The first-order valence-electron chi connectivity index (χ1n) is 2.07. The predicted octanol–water partition coefficient (Wildman–Crippen LogP) is 1.27. The molecule has 0 amide bonds. The summed E-state index contributed by atoms with van der Waals surface area (Å²) in [6, 6.07) is 0. The summed E-state index contributed by atoms with van der Waals surface area (Å²) in [4.78, 5) is 0. The summed E-state index contributed by atoms with van der Waals surface area (Å²) >= 11 is 0. The van der Waals surface area contributed by atoms with Crippen LogP contribution in [0, 0.1) is 0 Å². The van der Waals surface area contributed by atoms with Crippen molar-refractivity contribution in [3.63, 3.8) is 0 Å². The molecular weight excluding hydrogens is 92.1 g/mol. The minimum absolute atomic E-state index is 0.234. The molecule has 0 aromatic heterocycles. The first-order valence-corrected chi connectivity index (χ1v) is 2.07. The fraction of sp³-hybridized carbons (Fsp3) is 0.200. The SMILES string of the molecule is OC1=CC=C(O)C1. The molecule has 1 aliphatic rings. The Labute approximate surface area is 41.4 Å². The molecule has 2 nitrogen and oxygen atoms in total. The van der Waals surface area contributed by atoms with E-state index in [9.17, 15) is 0 Å². The van der Waals surface area contributed by atoms with Crippen LogP contribution < -0.4 is 0 Å². The Balaban J connectivity index is 2.61. The van der Waals surface area contributed by atoms with Crippen LogP contribution in [-0.2, 0) is 0 Å². The van der Waals surface area contributed by atoms with Crippen LogP contribution in [0.1, 0.15) is 6.42 Å². The fourth-order valence-electron chi connectivity index (χ4n) is 0.496. The Kier molecular flexibility index (Phi) is 0.785. The molecule has 0 aromatic rings. The van der Waals surface area contributed by atoms with Crippen LogP contribution in [0.4, 0.5) is 0 Å². The fourth-order valence-corrected chi connectivity index (χ4v) is 0.496. The maximum absolute atomic E-state index is 8.55. The largest absolute Gasteiger partial charge is 0.512 e. The standard InChI is InChI=1S/C5H6O2/c6-4-1-2-5(7)3-4/h1-2,6-7H,3H2. The molecule has 0 heterocycles. The first-order chi connectivity index (χ1) is 3.29. The number of hydrogen-bond acceptors (Lipinski definition) is 2. The van der Waals surface area contributed by atoms with Gasteiger partial charge in [0.2, 0.25) is 0 Å². The van der Waals surface area contributed by atoms with E-state index < -0.39 is 0 Å². The van der Waals surface area contributed by atoms with E-state index >= 15 is 0 Å². The lowest BCUT2D eigenvalue weighted by Crippen LogP contribution is -1.75. The molecule has 0 bridgehead atoms.